The SMILES string of the molecule is Cc1cnc(C(=O)NCCCNC2CC2)cn1. The van der Waals surface area contributed by atoms with E-state index in [0.29, 0.717) is 12.2 Å². The monoisotopic (exact) mass is 234 g/mol. The van der Waals surface area contributed by atoms with Crippen molar-refractivity contribution in [3.8, 4) is 0 Å². The molecule has 5 heteroatoms. The summed E-state index contributed by atoms with van der Waals surface area (Å²) >= 11 is 0. The van der Waals surface area contributed by atoms with Crippen LogP contribution in [-0.2, 0) is 0 Å². The zero-order chi connectivity index (χ0) is 12.1. The van der Waals surface area contributed by atoms with E-state index < -0.39 is 0 Å². The Morgan fingerprint density at radius 3 is 2.82 bits per heavy atom. The quantitative estimate of drug-likeness (QED) is 0.709. The summed E-state index contributed by atoms with van der Waals surface area (Å²) in [5, 5.41) is 6.23. The summed E-state index contributed by atoms with van der Waals surface area (Å²) in [5.41, 5.74) is 1.20. The number of rotatable bonds is 6. The highest BCUT2D eigenvalue weighted by atomic mass is 16.1. The fourth-order valence-corrected chi connectivity index (χ4v) is 1.48. The molecule has 2 N–H and O–H groups in total. The van der Waals surface area contributed by atoms with Crippen LogP contribution in [0.2, 0.25) is 0 Å². The second-order valence-electron chi connectivity index (χ2n) is 4.38. The van der Waals surface area contributed by atoms with E-state index in [9.17, 15) is 4.79 Å². The zero-order valence-corrected chi connectivity index (χ0v) is 10.1. The van der Waals surface area contributed by atoms with Crippen LogP contribution < -0.4 is 10.6 Å². The molecule has 0 radical (unpaired) electrons. The van der Waals surface area contributed by atoms with Crippen LogP contribution >= 0.6 is 0 Å². The number of carbonyl (C=O) groups excluding carboxylic acids is 1. The first-order valence-corrected chi connectivity index (χ1v) is 6.06. The molecular formula is C12H18N4O. The number of carbonyl (C=O) groups is 1. The number of hydrogen-bond donors (Lipinski definition) is 2. The van der Waals surface area contributed by atoms with E-state index in [2.05, 4.69) is 20.6 Å². The van der Waals surface area contributed by atoms with Crippen LogP contribution in [0.3, 0.4) is 0 Å². The lowest BCUT2D eigenvalue weighted by Gasteiger charge is -2.05. The number of aromatic nitrogens is 2. The summed E-state index contributed by atoms with van der Waals surface area (Å²) in [6.45, 7) is 3.48. The number of nitrogens with zero attached hydrogens (tertiary/aromatic N) is 2. The Balaban J connectivity index is 1.64. The maximum atomic E-state index is 11.6. The summed E-state index contributed by atoms with van der Waals surface area (Å²) in [7, 11) is 0. The lowest BCUT2D eigenvalue weighted by molar-refractivity contribution is 0.0948. The molecule has 0 atom stereocenters. The summed E-state index contributed by atoms with van der Waals surface area (Å²) in [4.78, 5) is 19.7. The number of aryl methyl sites for hydroxylation is 1. The molecule has 0 spiro atoms. The largest absolute Gasteiger partial charge is 0.351 e. The van der Waals surface area contributed by atoms with E-state index in [-0.39, 0.29) is 5.91 Å². The molecule has 2 rings (SSSR count). The number of amides is 1. The summed E-state index contributed by atoms with van der Waals surface area (Å²) in [6.07, 6.45) is 6.65. The first kappa shape index (κ1) is 12.0. The molecule has 92 valence electrons. The molecule has 1 aliphatic rings. The van der Waals surface area contributed by atoms with Gasteiger partial charge in [-0.05, 0) is 32.7 Å². The van der Waals surface area contributed by atoms with Crippen LogP contribution in [0.15, 0.2) is 12.4 Å². The number of nitrogens with one attached hydrogen (secondary N) is 2. The van der Waals surface area contributed by atoms with E-state index in [4.69, 9.17) is 0 Å². The van der Waals surface area contributed by atoms with E-state index in [1.807, 2.05) is 6.92 Å². The highest BCUT2D eigenvalue weighted by Crippen LogP contribution is 2.18. The third-order valence-corrected chi connectivity index (χ3v) is 2.66. The van der Waals surface area contributed by atoms with Crippen molar-refractivity contribution in [3.05, 3.63) is 23.8 Å². The van der Waals surface area contributed by atoms with Gasteiger partial charge in [0.2, 0.25) is 0 Å². The average Bonchev–Trinajstić information content (AvgIpc) is 3.13. The zero-order valence-electron chi connectivity index (χ0n) is 10.1. The van der Waals surface area contributed by atoms with Gasteiger partial charge in [-0.25, -0.2) is 4.98 Å². The molecule has 1 saturated carbocycles. The summed E-state index contributed by atoms with van der Waals surface area (Å²) in [5.74, 6) is -0.149. The Kier molecular flexibility index (Phi) is 4.03. The van der Waals surface area contributed by atoms with Crippen molar-refractivity contribution in [1.82, 2.24) is 20.6 Å². The van der Waals surface area contributed by atoms with Crippen molar-refractivity contribution in [2.75, 3.05) is 13.1 Å². The lowest BCUT2D eigenvalue weighted by Crippen LogP contribution is -2.28. The maximum Gasteiger partial charge on any atom is 0.271 e. The molecular weight excluding hydrogens is 216 g/mol. The summed E-state index contributed by atoms with van der Waals surface area (Å²) < 4.78 is 0. The molecule has 1 amide bonds. The van der Waals surface area contributed by atoms with Crippen molar-refractivity contribution >= 4 is 5.91 Å². The van der Waals surface area contributed by atoms with Crippen LogP contribution in [0.1, 0.15) is 35.4 Å². The minimum absolute atomic E-state index is 0.149. The second kappa shape index (κ2) is 5.72. The second-order valence-corrected chi connectivity index (χ2v) is 4.38. The molecule has 5 nitrogen and oxygen atoms in total. The molecule has 1 heterocycles. The Labute approximate surface area is 101 Å². The predicted octanol–water partition coefficient (Wildman–Crippen LogP) is 0.657. The first-order valence-electron chi connectivity index (χ1n) is 6.06. The van der Waals surface area contributed by atoms with Crippen molar-refractivity contribution < 1.29 is 4.79 Å². The molecule has 1 aliphatic carbocycles. The molecule has 0 bridgehead atoms. The Morgan fingerprint density at radius 1 is 1.35 bits per heavy atom. The highest BCUT2D eigenvalue weighted by Gasteiger charge is 2.19. The molecule has 1 aromatic rings. The van der Waals surface area contributed by atoms with Gasteiger partial charge in [0.25, 0.3) is 5.91 Å². The van der Waals surface area contributed by atoms with Gasteiger partial charge in [0, 0.05) is 18.8 Å². The third kappa shape index (κ3) is 4.11. The van der Waals surface area contributed by atoms with E-state index >= 15 is 0 Å². The minimum atomic E-state index is -0.149. The first-order chi connectivity index (χ1) is 8.25. The van der Waals surface area contributed by atoms with Gasteiger partial charge in [0.1, 0.15) is 5.69 Å². The third-order valence-electron chi connectivity index (χ3n) is 2.66. The Morgan fingerprint density at radius 2 is 2.18 bits per heavy atom. The molecule has 0 unspecified atom stereocenters. The van der Waals surface area contributed by atoms with Gasteiger partial charge in [0.15, 0.2) is 0 Å². The van der Waals surface area contributed by atoms with Gasteiger partial charge in [-0.2, -0.15) is 0 Å². The fraction of sp³-hybridized carbons (Fsp3) is 0.583. The van der Waals surface area contributed by atoms with E-state index in [1.165, 1.54) is 19.0 Å². The molecule has 1 fully saturated rings. The van der Waals surface area contributed by atoms with E-state index in [1.54, 1.807) is 6.20 Å². The van der Waals surface area contributed by atoms with Crippen molar-refractivity contribution in [1.29, 1.82) is 0 Å². The molecule has 0 saturated heterocycles. The molecule has 0 aliphatic heterocycles. The van der Waals surface area contributed by atoms with Gasteiger partial charge >= 0.3 is 0 Å². The van der Waals surface area contributed by atoms with Gasteiger partial charge in [-0.1, -0.05) is 0 Å². The molecule has 1 aromatic heterocycles. The lowest BCUT2D eigenvalue weighted by atomic mass is 10.3. The average molecular weight is 234 g/mol. The van der Waals surface area contributed by atoms with Gasteiger partial charge in [0.05, 0.1) is 11.9 Å². The normalized spacial score (nSPS) is 14.6. The smallest absolute Gasteiger partial charge is 0.271 e. The van der Waals surface area contributed by atoms with Crippen molar-refractivity contribution in [3.63, 3.8) is 0 Å². The number of hydrogen-bond acceptors (Lipinski definition) is 4. The van der Waals surface area contributed by atoms with E-state index in [0.717, 1.165) is 24.7 Å². The summed E-state index contributed by atoms with van der Waals surface area (Å²) in [6, 6.07) is 0.730. The van der Waals surface area contributed by atoms with Crippen LogP contribution in [0.5, 0.6) is 0 Å². The Bertz CT molecular complexity index is 373. The predicted molar refractivity (Wildman–Crippen MR) is 64.7 cm³/mol. The van der Waals surface area contributed by atoms with Crippen LogP contribution in [0.25, 0.3) is 0 Å². The van der Waals surface area contributed by atoms with Crippen LogP contribution in [0, 0.1) is 6.92 Å². The minimum Gasteiger partial charge on any atom is -0.351 e. The molecule has 17 heavy (non-hydrogen) atoms. The molecule has 0 aromatic carbocycles. The maximum absolute atomic E-state index is 11.6. The highest BCUT2D eigenvalue weighted by molar-refractivity contribution is 5.91. The van der Waals surface area contributed by atoms with Gasteiger partial charge in [-0.3, -0.25) is 9.78 Å². The fourth-order valence-electron chi connectivity index (χ4n) is 1.48. The standard InChI is InChI=1S/C12H18N4O/c1-9-7-16-11(8-15-9)12(17)14-6-2-5-13-10-3-4-10/h7-8,10,13H,2-6H2,1H3,(H,14,17). The van der Waals surface area contributed by atoms with Crippen LogP contribution in [-0.4, -0.2) is 35.0 Å². The van der Waals surface area contributed by atoms with Crippen molar-refractivity contribution in [2.45, 2.75) is 32.2 Å². The van der Waals surface area contributed by atoms with Crippen molar-refractivity contribution in [2.24, 2.45) is 0 Å². The van der Waals surface area contributed by atoms with Gasteiger partial charge in [-0.15, -0.1) is 0 Å². The topological polar surface area (TPSA) is 66.9 Å². The van der Waals surface area contributed by atoms with Crippen LogP contribution in [0.4, 0.5) is 0 Å². The van der Waals surface area contributed by atoms with Gasteiger partial charge < -0.3 is 10.6 Å². The Hall–Kier alpha value is -1.49.